The fourth-order valence-electron chi connectivity index (χ4n) is 2.25. The summed E-state index contributed by atoms with van der Waals surface area (Å²) in [6.45, 7) is 5.09. The van der Waals surface area contributed by atoms with E-state index in [1.165, 1.54) is 10.6 Å². The topological polar surface area (TPSA) is 51.5 Å². The van der Waals surface area contributed by atoms with Crippen molar-refractivity contribution in [2.45, 2.75) is 26.1 Å². The summed E-state index contributed by atoms with van der Waals surface area (Å²) in [7, 11) is 1.64. The Kier molecular flexibility index (Phi) is 3.52. The molecule has 18 heavy (non-hydrogen) atoms. The van der Waals surface area contributed by atoms with Crippen LogP contribution < -0.4 is 5.56 Å². The second-order valence-corrected chi connectivity index (χ2v) is 4.83. The van der Waals surface area contributed by atoms with Gasteiger partial charge in [0.15, 0.2) is 0 Å². The molecule has 2 heterocycles. The Morgan fingerprint density at radius 3 is 2.44 bits per heavy atom. The van der Waals surface area contributed by atoms with E-state index in [0.29, 0.717) is 18.7 Å². The van der Waals surface area contributed by atoms with Crippen molar-refractivity contribution < 1.29 is 9.53 Å². The van der Waals surface area contributed by atoms with Gasteiger partial charge in [0.05, 0.1) is 17.8 Å². The SMILES string of the molecule is CC1CN(C(=O)c2ccc(=O)n(C)c2)CC(C)O1. The van der Waals surface area contributed by atoms with Crippen LogP contribution in [0, 0.1) is 0 Å². The summed E-state index contributed by atoms with van der Waals surface area (Å²) in [4.78, 5) is 25.4. The molecule has 2 rings (SSSR count). The lowest BCUT2D eigenvalue weighted by Crippen LogP contribution is -2.48. The molecule has 0 aliphatic carbocycles. The fourth-order valence-corrected chi connectivity index (χ4v) is 2.25. The maximum atomic E-state index is 12.3. The number of morpholine rings is 1. The van der Waals surface area contributed by atoms with Crippen LogP contribution in [0.4, 0.5) is 0 Å². The van der Waals surface area contributed by atoms with E-state index in [1.807, 2.05) is 13.8 Å². The van der Waals surface area contributed by atoms with Gasteiger partial charge in [0.2, 0.25) is 5.56 Å². The van der Waals surface area contributed by atoms with E-state index in [0.717, 1.165) is 0 Å². The monoisotopic (exact) mass is 250 g/mol. The Morgan fingerprint density at radius 2 is 1.89 bits per heavy atom. The highest BCUT2D eigenvalue weighted by Crippen LogP contribution is 2.13. The zero-order chi connectivity index (χ0) is 13.3. The summed E-state index contributed by atoms with van der Waals surface area (Å²) < 4.78 is 7.01. The van der Waals surface area contributed by atoms with Crippen LogP contribution >= 0.6 is 0 Å². The number of rotatable bonds is 1. The molecular weight excluding hydrogens is 232 g/mol. The number of nitrogens with zero attached hydrogens (tertiary/aromatic N) is 2. The van der Waals surface area contributed by atoms with Gasteiger partial charge in [-0.15, -0.1) is 0 Å². The molecular formula is C13H18N2O3. The van der Waals surface area contributed by atoms with Crippen LogP contribution in [0.25, 0.3) is 0 Å². The molecule has 0 spiro atoms. The Hall–Kier alpha value is -1.62. The van der Waals surface area contributed by atoms with E-state index in [2.05, 4.69) is 0 Å². The molecule has 1 saturated heterocycles. The average molecular weight is 250 g/mol. The summed E-state index contributed by atoms with van der Waals surface area (Å²) in [6, 6.07) is 3.00. The van der Waals surface area contributed by atoms with Crippen molar-refractivity contribution in [1.82, 2.24) is 9.47 Å². The first kappa shape index (κ1) is 12.8. The van der Waals surface area contributed by atoms with Gasteiger partial charge in [-0.2, -0.15) is 0 Å². The van der Waals surface area contributed by atoms with Gasteiger partial charge in [-0.1, -0.05) is 0 Å². The number of pyridine rings is 1. The summed E-state index contributed by atoms with van der Waals surface area (Å²) in [5, 5.41) is 0. The van der Waals surface area contributed by atoms with Gasteiger partial charge in [-0.05, 0) is 19.9 Å². The first-order chi connectivity index (χ1) is 8.47. The Morgan fingerprint density at radius 1 is 1.28 bits per heavy atom. The molecule has 0 bridgehead atoms. The molecule has 1 aliphatic heterocycles. The van der Waals surface area contributed by atoms with Crippen LogP contribution in [0.5, 0.6) is 0 Å². The number of hydrogen-bond donors (Lipinski definition) is 0. The van der Waals surface area contributed by atoms with Crippen molar-refractivity contribution in [2.24, 2.45) is 7.05 Å². The zero-order valence-corrected chi connectivity index (χ0v) is 10.9. The molecule has 98 valence electrons. The molecule has 1 aromatic rings. The number of amides is 1. The maximum Gasteiger partial charge on any atom is 0.255 e. The van der Waals surface area contributed by atoms with Gasteiger partial charge in [-0.25, -0.2) is 0 Å². The average Bonchev–Trinajstić information content (AvgIpc) is 2.30. The van der Waals surface area contributed by atoms with Crippen LogP contribution in [-0.4, -0.2) is 40.7 Å². The first-order valence-electron chi connectivity index (χ1n) is 6.09. The normalized spacial score (nSPS) is 24.1. The van der Waals surface area contributed by atoms with Crippen LogP contribution in [0.2, 0.25) is 0 Å². The molecule has 1 amide bonds. The number of hydrogen-bond acceptors (Lipinski definition) is 3. The molecule has 0 radical (unpaired) electrons. The summed E-state index contributed by atoms with van der Waals surface area (Å²) >= 11 is 0. The maximum absolute atomic E-state index is 12.3. The Balaban J connectivity index is 2.20. The predicted octanol–water partition coefficient (Wildman–Crippen LogP) is 0.635. The fraction of sp³-hybridized carbons (Fsp3) is 0.538. The highest BCUT2D eigenvalue weighted by molar-refractivity contribution is 5.94. The third kappa shape index (κ3) is 2.61. The molecule has 2 atom stereocenters. The molecule has 1 fully saturated rings. The number of carbonyl (C=O) groups is 1. The number of carbonyl (C=O) groups excluding carboxylic acids is 1. The van der Waals surface area contributed by atoms with Crippen molar-refractivity contribution in [3.05, 3.63) is 34.2 Å². The molecule has 5 heteroatoms. The van der Waals surface area contributed by atoms with Crippen LogP contribution in [-0.2, 0) is 11.8 Å². The van der Waals surface area contributed by atoms with Crippen molar-refractivity contribution >= 4 is 5.91 Å². The van der Waals surface area contributed by atoms with E-state index in [1.54, 1.807) is 24.2 Å². The van der Waals surface area contributed by atoms with Crippen molar-refractivity contribution in [3.8, 4) is 0 Å². The van der Waals surface area contributed by atoms with Crippen molar-refractivity contribution in [3.63, 3.8) is 0 Å². The van der Waals surface area contributed by atoms with Crippen LogP contribution in [0.3, 0.4) is 0 Å². The lowest BCUT2D eigenvalue weighted by Gasteiger charge is -2.35. The highest BCUT2D eigenvalue weighted by Gasteiger charge is 2.26. The van der Waals surface area contributed by atoms with E-state index in [4.69, 9.17) is 4.74 Å². The minimum atomic E-state index is -0.115. The van der Waals surface area contributed by atoms with Gasteiger partial charge >= 0.3 is 0 Å². The third-order valence-electron chi connectivity index (χ3n) is 3.04. The smallest absolute Gasteiger partial charge is 0.255 e. The molecule has 1 aliphatic rings. The highest BCUT2D eigenvalue weighted by atomic mass is 16.5. The number of ether oxygens (including phenoxy) is 1. The van der Waals surface area contributed by atoms with Crippen LogP contribution in [0.1, 0.15) is 24.2 Å². The van der Waals surface area contributed by atoms with Gasteiger partial charge in [-0.3, -0.25) is 9.59 Å². The molecule has 0 aromatic carbocycles. The van der Waals surface area contributed by atoms with Crippen molar-refractivity contribution in [2.75, 3.05) is 13.1 Å². The van der Waals surface area contributed by atoms with E-state index >= 15 is 0 Å². The van der Waals surface area contributed by atoms with Crippen LogP contribution in [0.15, 0.2) is 23.1 Å². The molecule has 0 N–H and O–H groups in total. The van der Waals surface area contributed by atoms with Gasteiger partial charge in [0, 0.05) is 32.4 Å². The molecule has 2 unspecified atom stereocenters. The quantitative estimate of drug-likeness (QED) is 0.734. The third-order valence-corrected chi connectivity index (χ3v) is 3.04. The Bertz CT molecular complexity index is 499. The molecule has 0 saturated carbocycles. The van der Waals surface area contributed by atoms with Gasteiger partial charge < -0.3 is 14.2 Å². The predicted molar refractivity (Wildman–Crippen MR) is 67.6 cm³/mol. The lowest BCUT2D eigenvalue weighted by molar-refractivity contribution is -0.0586. The summed E-state index contributed by atoms with van der Waals surface area (Å²) in [5.74, 6) is -0.0485. The summed E-state index contributed by atoms with van der Waals surface area (Å²) in [5.41, 5.74) is 0.425. The second kappa shape index (κ2) is 4.94. The number of aryl methyl sites for hydroxylation is 1. The minimum Gasteiger partial charge on any atom is -0.372 e. The first-order valence-corrected chi connectivity index (χ1v) is 6.09. The van der Waals surface area contributed by atoms with E-state index in [-0.39, 0.29) is 23.7 Å². The summed E-state index contributed by atoms with van der Waals surface area (Å²) in [6.07, 6.45) is 1.67. The van der Waals surface area contributed by atoms with Gasteiger partial charge in [0.1, 0.15) is 0 Å². The zero-order valence-electron chi connectivity index (χ0n) is 10.9. The largest absolute Gasteiger partial charge is 0.372 e. The standard InChI is InChI=1S/C13H18N2O3/c1-9-6-15(7-10(2)18-9)13(17)11-4-5-12(16)14(3)8-11/h4-5,8-10H,6-7H2,1-3H3. The lowest BCUT2D eigenvalue weighted by atomic mass is 10.2. The van der Waals surface area contributed by atoms with Crippen molar-refractivity contribution in [1.29, 1.82) is 0 Å². The Labute approximate surface area is 106 Å². The molecule has 5 nitrogen and oxygen atoms in total. The second-order valence-electron chi connectivity index (χ2n) is 4.83. The van der Waals surface area contributed by atoms with Gasteiger partial charge in [0.25, 0.3) is 5.91 Å². The van der Waals surface area contributed by atoms with E-state index < -0.39 is 0 Å². The minimum absolute atomic E-state index is 0.0465. The molecule has 1 aromatic heterocycles. The van der Waals surface area contributed by atoms with E-state index in [9.17, 15) is 9.59 Å². The number of aromatic nitrogens is 1.